The molecule has 0 aliphatic rings. The van der Waals surface area contributed by atoms with Crippen LogP contribution < -0.4 is 54.8 Å². The van der Waals surface area contributed by atoms with Crippen LogP contribution in [0.2, 0.25) is 0 Å². The molecular weight excluding hydrogens is 773 g/mol. The molecular formula is C42H82N10O8. The number of hydrogen-bond donors (Lipinski definition) is 11. The molecule has 0 bridgehead atoms. The van der Waals surface area contributed by atoms with Crippen LogP contribution in [0.25, 0.3) is 0 Å². The maximum atomic E-state index is 14.1. The molecule has 0 spiro atoms. The van der Waals surface area contributed by atoms with Crippen molar-refractivity contribution in [2.45, 2.75) is 181 Å². The molecule has 0 aliphatic carbocycles. The van der Waals surface area contributed by atoms with Crippen LogP contribution in [0, 0.1) is 23.7 Å². The van der Waals surface area contributed by atoms with Crippen LogP contribution >= 0.6 is 0 Å². The molecule has 0 saturated heterocycles. The molecule has 0 aromatic carbocycles. The maximum absolute atomic E-state index is 14.1. The van der Waals surface area contributed by atoms with Gasteiger partial charge in [-0.2, -0.15) is 0 Å². The summed E-state index contributed by atoms with van der Waals surface area (Å²) in [6.07, 6.45) is 4.89. The largest absolute Gasteiger partial charge is 0.480 e. The van der Waals surface area contributed by atoms with Crippen LogP contribution in [0.1, 0.15) is 139 Å². The fourth-order valence-corrected chi connectivity index (χ4v) is 6.64. The van der Waals surface area contributed by atoms with Gasteiger partial charge in [0.25, 0.3) is 0 Å². The van der Waals surface area contributed by atoms with Crippen LogP contribution in [0.3, 0.4) is 0 Å². The minimum atomic E-state index is -1.19. The number of hydrogen-bond acceptors (Lipinski definition) is 11. The smallest absolute Gasteiger partial charge is 0.326 e. The number of carboxylic acid groups (broad SMARTS) is 1. The van der Waals surface area contributed by atoms with E-state index >= 15 is 0 Å². The standard InChI is InChI=1S/C42H82N10O8/c1-25(2)21-29(46)36(53)47-30(15-9-12-18-43)37(54)50-33(22-26(3)4)40(57)48-31(16-10-13-19-44)38(55)51-34(23-27(5)6)41(58)49-32(17-11-14-20-45)39(56)52-35(42(59)60)24-28(7)8/h25-35H,9-24,43-46H2,1-8H3,(H,47,53)(H,48,57)(H,49,58)(H,50,54)(H,51,55)(H,52,56)(H,59,60)/t29-,30-,31-,32-,33-,34-,35-/m0/s1. The van der Waals surface area contributed by atoms with E-state index in [1.807, 2.05) is 55.4 Å². The van der Waals surface area contributed by atoms with Gasteiger partial charge in [-0.15, -0.1) is 0 Å². The van der Waals surface area contributed by atoms with Gasteiger partial charge < -0.3 is 59.9 Å². The monoisotopic (exact) mass is 855 g/mol. The summed E-state index contributed by atoms with van der Waals surface area (Å²) in [6.45, 7) is 16.2. The first-order valence-corrected chi connectivity index (χ1v) is 22.1. The Kier molecular flexibility index (Phi) is 29.0. The number of unbranched alkanes of at least 4 members (excludes halogenated alkanes) is 3. The highest BCUT2D eigenvalue weighted by molar-refractivity contribution is 5.97. The number of amides is 6. The van der Waals surface area contributed by atoms with E-state index in [1.165, 1.54) is 0 Å². The summed E-state index contributed by atoms with van der Waals surface area (Å²) >= 11 is 0. The van der Waals surface area contributed by atoms with Gasteiger partial charge in [0, 0.05) is 0 Å². The lowest BCUT2D eigenvalue weighted by atomic mass is 9.99. The average molecular weight is 855 g/mol. The second kappa shape index (κ2) is 31.0. The van der Waals surface area contributed by atoms with Crippen molar-refractivity contribution in [2.75, 3.05) is 19.6 Å². The van der Waals surface area contributed by atoms with Gasteiger partial charge in [0.05, 0.1) is 6.04 Å². The lowest BCUT2D eigenvalue weighted by molar-refractivity contribution is -0.143. The Morgan fingerprint density at radius 3 is 0.917 bits per heavy atom. The van der Waals surface area contributed by atoms with Gasteiger partial charge in [-0.3, -0.25) is 28.8 Å². The second-order valence-electron chi connectivity index (χ2n) is 17.7. The lowest BCUT2D eigenvalue weighted by Crippen LogP contribution is -2.60. The fraction of sp³-hybridized carbons (Fsp3) is 0.833. The van der Waals surface area contributed by atoms with E-state index in [0.29, 0.717) is 64.6 Å². The summed E-state index contributed by atoms with van der Waals surface area (Å²) in [6, 6.07) is -7.37. The summed E-state index contributed by atoms with van der Waals surface area (Å²) < 4.78 is 0. The first-order chi connectivity index (χ1) is 28.2. The highest BCUT2D eigenvalue weighted by Gasteiger charge is 2.34. The summed E-state index contributed by atoms with van der Waals surface area (Å²) in [5.74, 6) is -4.81. The van der Waals surface area contributed by atoms with Crippen molar-refractivity contribution in [1.82, 2.24) is 31.9 Å². The number of rotatable bonds is 33. The number of aliphatic carboxylic acids is 1. The van der Waals surface area contributed by atoms with Crippen molar-refractivity contribution in [3.8, 4) is 0 Å². The van der Waals surface area contributed by atoms with Gasteiger partial charge >= 0.3 is 5.97 Å². The first-order valence-electron chi connectivity index (χ1n) is 22.1. The zero-order chi connectivity index (χ0) is 45.9. The summed E-state index contributed by atoms with van der Waals surface area (Å²) in [7, 11) is 0. The molecule has 6 amide bonds. The molecule has 7 atom stereocenters. The van der Waals surface area contributed by atoms with Crippen molar-refractivity contribution >= 4 is 41.4 Å². The molecule has 60 heavy (non-hydrogen) atoms. The minimum Gasteiger partial charge on any atom is -0.480 e. The van der Waals surface area contributed by atoms with Crippen molar-refractivity contribution < 1.29 is 38.7 Å². The quantitative estimate of drug-likeness (QED) is 0.0410. The van der Waals surface area contributed by atoms with Crippen molar-refractivity contribution in [2.24, 2.45) is 46.6 Å². The normalized spacial score (nSPS) is 15.1. The van der Waals surface area contributed by atoms with Gasteiger partial charge in [-0.1, -0.05) is 55.4 Å². The molecule has 0 radical (unpaired) electrons. The minimum absolute atomic E-state index is 0.0209. The van der Waals surface area contributed by atoms with Gasteiger partial charge in [0.2, 0.25) is 35.4 Å². The molecule has 0 rings (SSSR count). The van der Waals surface area contributed by atoms with Crippen LogP contribution in [0.5, 0.6) is 0 Å². The number of nitrogens with two attached hydrogens (primary N) is 4. The number of carboxylic acids is 1. The summed E-state index contributed by atoms with van der Waals surface area (Å²) in [4.78, 5) is 94.1. The Morgan fingerprint density at radius 1 is 0.383 bits per heavy atom. The number of carbonyl (C=O) groups is 7. The Balaban J connectivity index is 6.44. The Hall–Kier alpha value is -3.87. The van der Waals surface area contributed by atoms with Crippen molar-refractivity contribution in [1.29, 1.82) is 0 Å². The first kappa shape index (κ1) is 56.1. The predicted molar refractivity (Wildman–Crippen MR) is 234 cm³/mol. The van der Waals surface area contributed by atoms with E-state index in [-0.39, 0.29) is 62.2 Å². The van der Waals surface area contributed by atoms with Crippen LogP contribution in [-0.4, -0.2) is 108 Å². The Bertz CT molecular complexity index is 1320. The highest BCUT2D eigenvalue weighted by atomic mass is 16.4. The molecule has 0 aromatic heterocycles. The lowest BCUT2D eigenvalue weighted by Gasteiger charge is -2.29. The molecule has 0 fully saturated rings. The van der Waals surface area contributed by atoms with Gasteiger partial charge in [-0.25, -0.2) is 4.79 Å². The molecule has 0 saturated carbocycles. The van der Waals surface area contributed by atoms with Crippen molar-refractivity contribution in [3.05, 3.63) is 0 Å². The molecule has 0 unspecified atom stereocenters. The predicted octanol–water partition coefficient (Wildman–Crippen LogP) is 0.878. The highest BCUT2D eigenvalue weighted by Crippen LogP contribution is 2.13. The third-order valence-electron chi connectivity index (χ3n) is 9.80. The van der Waals surface area contributed by atoms with E-state index in [1.54, 1.807) is 0 Å². The Labute approximate surface area is 358 Å². The van der Waals surface area contributed by atoms with Gasteiger partial charge in [0.1, 0.15) is 36.3 Å². The molecule has 0 heterocycles. The molecule has 348 valence electrons. The van der Waals surface area contributed by atoms with Crippen LogP contribution in [0.4, 0.5) is 0 Å². The SMILES string of the molecule is CC(C)C[C@H](NC(=O)[C@H](CCCCN)NC(=O)[C@H](CC(C)C)NC(=O)[C@H](CCCCN)NC(=O)[C@H](CC(C)C)NC(=O)[C@H](CCCCN)NC(=O)[C@@H](N)CC(C)C)C(=O)O. The van der Waals surface area contributed by atoms with Gasteiger partial charge in [-0.05, 0) is 127 Å². The maximum Gasteiger partial charge on any atom is 0.326 e. The number of carbonyl (C=O) groups excluding carboxylic acids is 6. The Morgan fingerprint density at radius 2 is 0.633 bits per heavy atom. The third kappa shape index (κ3) is 24.4. The zero-order valence-corrected chi connectivity index (χ0v) is 37.8. The van der Waals surface area contributed by atoms with E-state index in [4.69, 9.17) is 22.9 Å². The van der Waals surface area contributed by atoms with E-state index in [2.05, 4.69) is 31.9 Å². The molecule has 18 nitrogen and oxygen atoms in total. The van der Waals surface area contributed by atoms with Gasteiger partial charge in [0.15, 0.2) is 0 Å². The summed E-state index contributed by atoms with van der Waals surface area (Å²) in [5, 5.41) is 26.2. The fourth-order valence-electron chi connectivity index (χ4n) is 6.64. The van der Waals surface area contributed by atoms with E-state index in [9.17, 15) is 38.7 Å². The molecule has 15 N–H and O–H groups in total. The van der Waals surface area contributed by atoms with E-state index in [0.717, 1.165) is 0 Å². The molecule has 0 aliphatic heterocycles. The van der Waals surface area contributed by atoms with Crippen molar-refractivity contribution in [3.63, 3.8) is 0 Å². The van der Waals surface area contributed by atoms with Crippen LogP contribution in [-0.2, 0) is 33.6 Å². The zero-order valence-electron chi connectivity index (χ0n) is 37.8. The van der Waals surface area contributed by atoms with Crippen LogP contribution in [0.15, 0.2) is 0 Å². The van der Waals surface area contributed by atoms with E-state index < -0.39 is 83.7 Å². The third-order valence-corrected chi connectivity index (χ3v) is 9.80. The average Bonchev–Trinajstić information content (AvgIpc) is 3.14. The molecule has 18 heteroatoms. The topological polar surface area (TPSA) is 316 Å². The summed E-state index contributed by atoms with van der Waals surface area (Å²) in [5.41, 5.74) is 23.2. The number of nitrogens with one attached hydrogen (secondary N) is 6. The molecule has 0 aromatic rings. The second-order valence-corrected chi connectivity index (χ2v) is 17.7.